The fourth-order valence-electron chi connectivity index (χ4n) is 1.54. The molecule has 80 valence electrons. The highest BCUT2D eigenvalue weighted by Gasteiger charge is 2.11. The van der Waals surface area contributed by atoms with E-state index in [9.17, 15) is 0 Å². The lowest BCUT2D eigenvalue weighted by molar-refractivity contribution is 0.177. The summed E-state index contributed by atoms with van der Waals surface area (Å²) in [5, 5.41) is 0. The van der Waals surface area contributed by atoms with Crippen LogP contribution in [0.2, 0.25) is 0 Å². The molecule has 1 fully saturated rings. The zero-order valence-electron chi connectivity index (χ0n) is 9.26. The maximum atomic E-state index is 3.53. The number of nitrogens with zero attached hydrogens (tertiary/aromatic N) is 1. The molecule has 1 aliphatic heterocycles. The largest absolute Gasteiger partial charge is 0.303 e. The van der Waals surface area contributed by atoms with Gasteiger partial charge in [-0.15, -0.1) is 0 Å². The summed E-state index contributed by atoms with van der Waals surface area (Å²) in [4.78, 5) is 2.56. The SMILES string of the molecule is CCCCCCCN1CCC1.CS. The van der Waals surface area contributed by atoms with Gasteiger partial charge in [0, 0.05) is 0 Å². The molecule has 13 heavy (non-hydrogen) atoms. The van der Waals surface area contributed by atoms with Crippen molar-refractivity contribution < 1.29 is 0 Å². The third-order valence-electron chi connectivity index (χ3n) is 2.53. The van der Waals surface area contributed by atoms with Crippen LogP contribution in [-0.4, -0.2) is 30.8 Å². The molecular weight excluding hydrogens is 178 g/mol. The Hall–Kier alpha value is 0.310. The average Bonchev–Trinajstić information content (AvgIpc) is 2.11. The first-order valence-corrected chi connectivity index (χ1v) is 6.50. The Kier molecular flexibility index (Phi) is 10.6. The summed E-state index contributed by atoms with van der Waals surface area (Å²) in [6.07, 6.45) is 10.3. The smallest absolute Gasteiger partial charge is 0.000654 e. The summed E-state index contributed by atoms with van der Waals surface area (Å²) in [5.74, 6) is 0. The Bertz CT molecular complexity index is 92.1. The molecule has 0 aliphatic carbocycles. The van der Waals surface area contributed by atoms with Crippen LogP contribution in [0, 0.1) is 0 Å². The monoisotopic (exact) mass is 203 g/mol. The predicted molar refractivity (Wildman–Crippen MR) is 64.7 cm³/mol. The van der Waals surface area contributed by atoms with Crippen molar-refractivity contribution in [1.29, 1.82) is 0 Å². The van der Waals surface area contributed by atoms with Gasteiger partial charge < -0.3 is 4.90 Å². The second-order valence-electron chi connectivity index (χ2n) is 3.61. The highest BCUT2D eigenvalue weighted by Crippen LogP contribution is 2.09. The summed E-state index contributed by atoms with van der Waals surface area (Å²) in [6, 6.07) is 0. The zero-order chi connectivity index (χ0) is 9.94. The fourth-order valence-corrected chi connectivity index (χ4v) is 1.54. The first kappa shape index (κ1) is 13.3. The van der Waals surface area contributed by atoms with Crippen molar-refractivity contribution >= 4 is 12.6 Å². The van der Waals surface area contributed by atoms with E-state index in [4.69, 9.17) is 0 Å². The van der Waals surface area contributed by atoms with Gasteiger partial charge in [0.25, 0.3) is 0 Å². The van der Waals surface area contributed by atoms with E-state index in [2.05, 4.69) is 24.5 Å². The quantitative estimate of drug-likeness (QED) is 0.512. The zero-order valence-corrected chi connectivity index (χ0v) is 10.2. The molecule has 2 heteroatoms. The topological polar surface area (TPSA) is 3.24 Å². The van der Waals surface area contributed by atoms with E-state index in [-0.39, 0.29) is 0 Å². The second kappa shape index (κ2) is 10.4. The van der Waals surface area contributed by atoms with Crippen LogP contribution in [-0.2, 0) is 0 Å². The van der Waals surface area contributed by atoms with Crippen LogP contribution < -0.4 is 0 Å². The third kappa shape index (κ3) is 7.39. The number of thiol groups is 1. The molecule has 0 bridgehead atoms. The minimum atomic E-state index is 1.36. The van der Waals surface area contributed by atoms with Gasteiger partial charge in [0.2, 0.25) is 0 Å². The van der Waals surface area contributed by atoms with E-state index < -0.39 is 0 Å². The molecule has 0 aromatic rings. The van der Waals surface area contributed by atoms with Crippen molar-refractivity contribution in [1.82, 2.24) is 4.90 Å². The predicted octanol–water partition coefficient (Wildman–Crippen LogP) is 3.21. The highest BCUT2D eigenvalue weighted by atomic mass is 32.1. The van der Waals surface area contributed by atoms with E-state index in [1.165, 1.54) is 58.2 Å². The molecule has 0 spiro atoms. The van der Waals surface area contributed by atoms with Crippen molar-refractivity contribution in [3.05, 3.63) is 0 Å². The third-order valence-corrected chi connectivity index (χ3v) is 2.53. The Morgan fingerprint density at radius 1 is 1.00 bits per heavy atom. The molecule has 0 radical (unpaired) electrons. The lowest BCUT2D eigenvalue weighted by Gasteiger charge is -2.30. The van der Waals surface area contributed by atoms with Crippen LogP contribution in [0.25, 0.3) is 0 Å². The van der Waals surface area contributed by atoms with Gasteiger partial charge in [-0.25, -0.2) is 0 Å². The van der Waals surface area contributed by atoms with Crippen LogP contribution in [0.4, 0.5) is 0 Å². The van der Waals surface area contributed by atoms with Crippen LogP contribution >= 0.6 is 12.6 Å². The summed E-state index contributed by atoms with van der Waals surface area (Å²) >= 11 is 3.53. The Morgan fingerprint density at radius 2 is 1.62 bits per heavy atom. The van der Waals surface area contributed by atoms with Crippen LogP contribution in [0.5, 0.6) is 0 Å². The molecule has 0 atom stereocenters. The first-order valence-electron chi connectivity index (χ1n) is 5.60. The maximum absolute atomic E-state index is 3.53. The van der Waals surface area contributed by atoms with Crippen molar-refractivity contribution in [2.45, 2.75) is 45.4 Å². The Labute approximate surface area is 89.3 Å². The van der Waals surface area contributed by atoms with Gasteiger partial charge in [0.15, 0.2) is 0 Å². The summed E-state index contributed by atoms with van der Waals surface area (Å²) in [6.45, 7) is 6.38. The second-order valence-corrected chi connectivity index (χ2v) is 3.61. The van der Waals surface area contributed by atoms with Gasteiger partial charge in [0.1, 0.15) is 0 Å². The maximum Gasteiger partial charge on any atom is -0.000654 e. The summed E-state index contributed by atoms with van der Waals surface area (Å²) in [7, 11) is 0. The minimum absolute atomic E-state index is 1.36. The van der Waals surface area contributed by atoms with E-state index in [1.807, 2.05) is 0 Å². The van der Waals surface area contributed by atoms with Gasteiger partial charge in [-0.3, -0.25) is 0 Å². The first-order chi connectivity index (χ1) is 6.43. The van der Waals surface area contributed by atoms with Gasteiger partial charge in [-0.2, -0.15) is 12.6 Å². The summed E-state index contributed by atoms with van der Waals surface area (Å²) < 4.78 is 0. The lowest BCUT2D eigenvalue weighted by Crippen LogP contribution is -2.37. The number of hydrogen-bond acceptors (Lipinski definition) is 2. The minimum Gasteiger partial charge on any atom is -0.303 e. The molecule has 0 N–H and O–H groups in total. The van der Waals surface area contributed by atoms with E-state index in [0.717, 1.165) is 0 Å². The Morgan fingerprint density at radius 3 is 2.08 bits per heavy atom. The number of likely N-dealkylation sites (tertiary alicyclic amines) is 1. The number of rotatable bonds is 6. The van der Waals surface area contributed by atoms with Crippen molar-refractivity contribution in [2.24, 2.45) is 0 Å². The molecule has 1 nitrogen and oxygen atoms in total. The Balaban J connectivity index is 0.000000671. The standard InChI is InChI=1S/C10H21N.CH4S/c1-2-3-4-5-6-8-11-9-7-10-11;1-2/h2-10H2,1H3;2H,1H3. The van der Waals surface area contributed by atoms with Gasteiger partial charge in [-0.1, -0.05) is 32.6 Å². The normalized spacial score (nSPS) is 15.9. The van der Waals surface area contributed by atoms with Crippen LogP contribution in [0.3, 0.4) is 0 Å². The van der Waals surface area contributed by atoms with Crippen molar-refractivity contribution in [3.63, 3.8) is 0 Å². The molecule has 0 aromatic heterocycles. The van der Waals surface area contributed by atoms with Crippen LogP contribution in [0.15, 0.2) is 0 Å². The van der Waals surface area contributed by atoms with Crippen LogP contribution in [0.1, 0.15) is 45.4 Å². The number of hydrogen-bond donors (Lipinski definition) is 1. The number of unbranched alkanes of at least 4 members (excludes halogenated alkanes) is 4. The molecule has 0 saturated carbocycles. The molecule has 1 aliphatic rings. The lowest BCUT2D eigenvalue weighted by atomic mass is 10.1. The molecule has 1 saturated heterocycles. The molecule has 1 heterocycles. The molecule has 0 unspecified atom stereocenters. The molecule has 0 aromatic carbocycles. The molecular formula is C11H25NS. The summed E-state index contributed by atoms with van der Waals surface area (Å²) in [5.41, 5.74) is 0. The molecule has 0 amide bonds. The molecule has 1 rings (SSSR count). The van der Waals surface area contributed by atoms with Crippen molar-refractivity contribution in [2.75, 3.05) is 25.9 Å². The highest BCUT2D eigenvalue weighted by molar-refractivity contribution is 7.79. The van der Waals surface area contributed by atoms with Gasteiger partial charge in [-0.05, 0) is 38.7 Å². The van der Waals surface area contributed by atoms with E-state index in [0.29, 0.717) is 0 Å². The van der Waals surface area contributed by atoms with Gasteiger partial charge in [0.05, 0.1) is 0 Å². The van der Waals surface area contributed by atoms with Gasteiger partial charge >= 0.3 is 0 Å². The average molecular weight is 203 g/mol. The van der Waals surface area contributed by atoms with Crippen molar-refractivity contribution in [3.8, 4) is 0 Å². The van der Waals surface area contributed by atoms with E-state index >= 15 is 0 Å². The fraction of sp³-hybridized carbons (Fsp3) is 1.00. The van der Waals surface area contributed by atoms with E-state index in [1.54, 1.807) is 6.26 Å².